The minimum Gasteiger partial charge on any atom is -0.496 e. The Morgan fingerprint density at radius 3 is 2.79 bits per heavy atom. The molecule has 0 radical (unpaired) electrons. The first kappa shape index (κ1) is 16.4. The van der Waals surface area contributed by atoms with E-state index < -0.39 is 10.8 Å². The summed E-state index contributed by atoms with van der Waals surface area (Å²) in [5.74, 6) is 1.29. The van der Waals surface area contributed by atoms with E-state index in [1.165, 1.54) is 6.92 Å². The number of ether oxygens (including phenoxy) is 1. The van der Waals surface area contributed by atoms with E-state index in [1.54, 1.807) is 25.3 Å². The number of Topliss-reactive ketones (excluding diaryl/α,β-unsaturated/α-hetero) is 1. The quantitative estimate of drug-likeness (QED) is 0.646. The predicted octanol–water partition coefficient (Wildman–Crippen LogP) is 2.99. The standard InChI is InChI=1S/C18H18N2O3S/c1-13(21)14-6-7-17(23-2)15(9-14)11-24(22)12-16-10-20-8-4-3-5-18(20)19-16/h3-10H,11-12H2,1-2H3/t24-/m0/s1. The van der Waals surface area contributed by atoms with Gasteiger partial charge in [0.1, 0.15) is 11.4 Å². The van der Waals surface area contributed by atoms with Crippen LogP contribution < -0.4 is 4.74 Å². The normalized spacial score (nSPS) is 12.2. The molecule has 0 amide bonds. The van der Waals surface area contributed by atoms with Crippen molar-refractivity contribution in [3.8, 4) is 5.75 Å². The second-order valence-electron chi connectivity index (χ2n) is 5.51. The number of nitrogens with zero attached hydrogens (tertiary/aromatic N) is 2. The largest absolute Gasteiger partial charge is 0.496 e. The van der Waals surface area contributed by atoms with Crippen LogP contribution in [0, 0.1) is 0 Å². The SMILES string of the molecule is COc1ccc(C(C)=O)cc1C[S@](=O)Cc1cn2ccccc2n1. The van der Waals surface area contributed by atoms with E-state index in [0.717, 1.165) is 16.9 Å². The molecule has 3 rings (SSSR count). The lowest BCUT2D eigenvalue weighted by molar-refractivity contribution is 0.101. The predicted molar refractivity (Wildman–Crippen MR) is 93.7 cm³/mol. The van der Waals surface area contributed by atoms with Crippen LogP contribution in [-0.4, -0.2) is 26.5 Å². The summed E-state index contributed by atoms with van der Waals surface area (Å²) in [5.41, 5.74) is 2.98. The highest BCUT2D eigenvalue weighted by Gasteiger charge is 2.12. The summed E-state index contributed by atoms with van der Waals surface area (Å²) < 4.78 is 19.7. The zero-order valence-electron chi connectivity index (χ0n) is 13.6. The second-order valence-corrected chi connectivity index (χ2v) is 6.97. The Hall–Kier alpha value is -2.47. The molecule has 6 heteroatoms. The number of fused-ring (bicyclic) bond motifs is 1. The van der Waals surface area contributed by atoms with Crippen LogP contribution in [0.4, 0.5) is 0 Å². The van der Waals surface area contributed by atoms with Crippen LogP contribution in [0.25, 0.3) is 5.65 Å². The molecule has 24 heavy (non-hydrogen) atoms. The third-order valence-corrected chi connectivity index (χ3v) is 4.98. The van der Waals surface area contributed by atoms with Crippen LogP contribution in [0.15, 0.2) is 48.8 Å². The molecule has 5 nitrogen and oxygen atoms in total. The minimum atomic E-state index is -1.15. The van der Waals surface area contributed by atoms with Gasteiger partial charge in [0.05, 0.1) is 24.3 Å². The number of rotatable bonds is 6. The summed E-state index contributed by atoms with van der Waals surface area (Å²) in [5, 5.41) is 0. The fourth-order valence-corrected chi connectivity index (χ4v) is 3.70. The zero-order valence-corrected chi connectivity index (χ0v) is 14.4. The number of imidazole rings is 1. The summed E-state index contributed by atoms with van der Waals surface area (Å²) in [6.07, 6.45) is 3.80. The van der Waals surface area contributed by atoms with Crippen molar-refractivity contribution in [2.45, 2.75) is 18.4 Å². The lowest BCUT2D eigenvalue weighted by Gasteiger charge is -2.09. The van der Waals surface area contributed by atoms with Crippen molar-refractivity contribution < 1.29 is 13.7 Å². The van der Waals surface area contributed by atoms with Crippen molar-refractivity contribution in [3.05, 3.63) is 65.6 Å². The van der Waals surface area contributed by atoms with E-state index in [9.17, 15) is 9.00 Å². The maximum Gasteiger partial charge on any atom is 0.159 e. The molecule has 2 heterocycles. The average molecular weight is 342 g/mol. The van der Waals surface area contributed by atoms with Gasteiger partial charge >= 0.3 is 0 Å². The molecule has 0 aliphatic carbocycles. The first-order valence-electron chi connectivity index (χ1n) is 7.52. The molecule has 2 aromatic heterocycles. The molecule has 0 bridgehead atoms. The summed E-state index contributed by atoms with van der Waals surface area (Å²) in [6, 6.07) is 11.0. The molecule has 0 aliphatic heterocycles. The Bertz CT molecular complexity index is 885. The molecule has 1 atom stereocenters. The zero-order chi connectivity index (χ0) is 17.1. The lowest BCUT2D eigenvalue weighted by Crippen LogP contribution is -2.03. The summed E-state index contributed by atoms with van der Waals surface area (Å²) in [6.45, 7) is 1.51. The number of ketones is 1. The Labute approximate surface area is 142 Å². The third kappa shape index (κ3) is 3.54. The molecule has 0 N–H and O–H groups in total. The maximum absolute atomic E-state index is 12.5. The van der Waals surface area contributed by atoms with Gasteiger partial charge in [-0.15, -0.1) is 0 Å². The van der Waals surface area contributed by atoms with Gasteiger partial charge < -0.3 is 9.14 Å². The van der Waals surface area contributed by atoms with Gasteiger partial charge in [-0.1, -0.05) is 6.07 Å². The van der Waals surface area contributed by atoms with Crippen LogP contribution in [0.1, 0.15) is 28.5 Å². The molecule has 124 valence electrons. The molecule has 0 fully saturated rings. The molecule has 0 saturated carbocycles. The smallest absolute Gasteiger partial charge is 0.159 e. The van der Waals surface area contributed by atoms with E-state index in [1.807, 2.05) is 35.0 Å². The highest BCUT2D eigenvalue weighted by molar-refractivity contribution is 7.83. The first-order valence-corrected chi connectivity index (χ1v) is 9.01. The van der Waals surface area contributed by atoms with Crippen molar-refractivity contribution in [2.75, 3.05) is 7.11 Å². The number of benzene rings is 1. The van der Waals surface area contributed by atoms with Gasteiger partial charge in [0.15, 0.2) is 5.78 Å². The highest BCUT2D eigenvalue weighted by Crippen LogP contribution is 2.22. The van der Waals surface area contributed by atoms with Crippen molar-refractivity contribution in [1.82, 2.24) is 9.38 Å². The average Bonchev–Trinajstić information content (AvgIpc) is 2.96. The van der Waals surface area contributed by atoms with Crippen molar-refractivity contribution in [3.63, 3.8) is 0 Å². The van der Waals surface area contributed by atoms with Gasteiger partial charge in [0, 0.05) is 34.3 Å². The van der Waals surface area contributed by atoms with Gasteiger partial charge in [0.25, 0.3) is 0 Å². The van der Waals surface area contributed by atoms with E-state index in [0.29, 0.717) is 22.8 Å². The number of carbonyl (C=O) groups excluding carboxylic acids is 1. The minimum absolute atomic E-state index is 0.0231. The Morgan fingerprint density at radius 1 is 1.25 bits per heavy atom. The molecule has 0 spiro atoms. The molecule has 0 saturated heterocycles. The third-order valence-electron chi connectivity index (χ3n) is 3.73. The van der Waals surface area contributed by atoms with Crippen molar-refractivity contribution in [1.29, 1.82) is 0 Å². The summed E-state index contributed by atoms with van der Waals surface area (Å²) in [4.78, 5) is 16.0. The van der Waals surface area contributed by atoms with Crippen LogP contribution >= 0.6 is 0 Å². The number of hydrogen-bond donors (Lipinski definition) is 0. The molecule has 0 unspecified atom stereocenters. The summed E-state index contributed by atoms with van der Waals surface area (Å²) in [7, 11) is 0.418. The van der Waals surface area contributed by atoms with Gasteiger partial charge in [-0.05, 0) is 37.3 Å². The molecular formula is C18H18N2O3S. The number of methoxy groups -OCH3 is 1. The molecular weight excluding hydrogens is 324 g/mol. The van der Waals surface area contributed by atoms with Crippen LogP contribution in [0.3, 0.4) is 0 Å². The van der Waals surface area contributed by atoms with Crippen LogP contribution in [0.5, 0.6) is 5.75 Å². The number of pyridine rings is 1. The first-order chi connectivity index (χ1) is 11.6. The Kier molecular flexibility index (Phi) is 4.76. The number of carbonyl (C=O) groups is 1. The Morgan fingerprint density at radius 2 is 2.08 bits per heavy atom. The lowest BCUT2D eigenvalue weighted by atomic mass is 10.1. The van der Waals surface area contributed by atoms with Crippen molar-refractivity contribution >= 4 is 22.2 Å². The Balaban J connectivity index is 1.78. The fourth-order valence-electron chi connectivity index (χ4n) is 2.56. The van der Waals surface area contributed by atoms with Crippen LogP contribution in [-0.2, 0) is 22.3 Å². The number of aromatic nitrogens is 2. The van der Waals surface area contributed by atoms with E-state index >= 15 is 0 Å². The van der Waals surface area contributed by atoms with E-state index in [4.69, 9.17) is 4.74 Å². The fraction of sp³-hybridized carbons (Fsp3) is 0.222. The summed E-state index contributed by atoms with van der Waals surface area (Å²) >= 11 is 0. The maximum atomic E-state index is 12.5. The van der Waals surface area contributed by atoms with E-state index in [2.05, 4.69) is 4.98 Å². The molecule has 0 aliphatic rings. The second kappa shape index (κ2) is 6.97. The van der Waals surface area contributed by atoms with Gasteiger partial charge in [-0.3, -0.25) is 9.00 Å². The van der Waals surface area contributed by atoms with Gasteiger partial charge in [-0.2, -0.15) is 0 Å². The number of hydrogen-bond acceptors (Lipinski definition) is 4. The topological polar surface area (TPSA) is 60.7 Å². The van der Waals surface area contributed by atoms with E-state index in [-0.39, 0.29) is 5.78 Å². The van der Waals surface area contributed by atoms with Gasteiger partial charge in [-0.25, -0.2) is 4.98 Å². The highest BCUT2D eigenvalue weighted by atomic mass is 32.2. The van der Waals surface area contributed by atoms with Crippen molar-refractivity contribution in [2.24, 2.45) is 0 Å². The van der Waals surface area contributed by atoms with Gasteiger partial charge in [0.2, 0.25) is 0 Å². The monoisotopic (exact) mass is 342 g/mol. The van der Waals surface area contributed by atoms with Crippen LogP contribution in [0.2, 0.25) is 0 Å². The molecule has 3 aromatic rings. The molecule has 1 aromatic carbocycles.